The number of benzene rings is 2. The Kier molecular flexibility index (Phi) is 12.6. The van der Waals surface area contributed by atoms with Gasteiger partial charge in [0.25, 0.3) is 0 Å². The highest BCUT2D eigenvalue weighted by molar-refractivity contribution is 5.81. The number of para-hydroxylation sites is 2. The number of aliphatic hydroxyl groups excluding tert-OH is 3. The van der Waals surface area contributed by atoms with E-state index in [1.165, 1.54) is 71.5 Å². The van der Waals surface area contributed by atoms with Crippen LogP contribution >= 0.6 is 0 Å². The zero-order valence-electron chi connectivity index (χ0n) is 37.3. The van der Waals surface area contributed by atoms with Crippen LogP contribution in [0.5, 0.6) is 0 Å². The van der Waals surface area contributed by atoms with Gasteiger partial charge in [0.15, 0.2) is 11.9 Å². The highest BCUT2D eigenvalue weighted by Crippen LogP contribution is 2.51. The quantitative estimate of drug-likeness (QED) is 0.327. The molecule has 64 heavy (non-hydrogen) atoms. The molecule has 2 aromatic carbocycles. The minimum atomic E-state index is -1.84. The molecule has 0 radical (unpaired) electrons. The number of ketones is 1. The molecule has 6 aliphatic heterocycles. The van der Waals surface area contributed by atoms with Crippen molar-refractivity contribution in [3.8, 4) is 0 Å². The number of aliphatic carboxylic acids is 1. The Morgan fingerprint density at radius 3 is 1.61 bits per heavy atom. The van der Waals surface area contributed by atoms with Gasteiger partial charge in [-0.2, -0.15) is 0 Å². The van der Waals surface area contributed by atoms with Gasteiger partial charge in [-0.15, -0.1) is 0 Å². The Balaban J connectivity index is 0.000000162. The number of rotatable bonds is 4. The number of amides is 2. The molecule has 0 bridgehead atoms. The number of nitrogens with zero attached hydrogens (tertiary/aromatic N) is 4. The summed E-state index contributed by atoms with van der Waals surface area (Å²) in [7, 11) is 0. The lowest BCUT2D eigenvalue weighted by atomic mass is 9.78. The lowest BCUT2D eigenvalue weighted by Crippen LogP contribution is -2.61. The third-order valence-corrected chi connectivity index (χ3v) is 16.0. The summed E-state index contributed by atoms with van der Waals surface area (Å²) < 4.78 is 22.2. The van der Waals surface area contributed by atoms with Gasteiger partial charge >= 0.3 is 18.2 Å². The monoisotopic (exact) mass is 888 g/mol. The second kappa shape index (κ2) is 18.1. The first kappa shape index (κ1) is 44.7. The minimum Gasteiger partial charge on any atom is -0.479 e. The molecule has 2 aromatic rings. The van der Waals surface area contributed by atoms with Crippen LogP contribution in [0, 0.1) is 29.6 Å². The number of carbonyl (C=O) groups is 4. The summed E-state index contributed by atoms with van der Waals surface area (Å²) in [6.45, 7) is 13.2. The fourth-order valence-corrected chi connectivity index (χ4v) is 12.2. The normalized spacial score (nSPS) is 36.2. The standard InChI is InChI=1S/C26H36N2O4.C22H28N2O8/c1-15-16(2)24(18(4)29)31-25(17(15)3)32-26(30)28-12-11-27-13-19-7-5-9-21(19)22-10-6-8-20(14-28)23(22)27;25-16-17(26)19(20(28)29)31-21(18(16)27)32-22(30)24-8-7-23-9-11-3-1-5-13(11)14-6-2-4-12(10-24)15(14)23/h6,8,10,15-17,19,21,24-25H,5,7,9,11-14H2,1-4H3;2,4,6,11,13,16-19,21,25-27H,1,3,5,7-10H2,(H,28,29)/t15?,16?,17?,19-,21-,24?,25?;11-,13-,16?,17?,18?,19?,21?/m00/s1. The van der Waals surface area contributed by atoms with E-state index in [-0.39, 0.29) is 29.6 Å². The first-order chi connectivity index (χ1) is 30.7. The average molecular weight is 889 g/mol. The van der Waals surface area contributed by atoms with Gasteiger partial charge < -0.3 is 59.0 Å². The van der Waals surface area contributed by atoms with E-state index >= 15 is 0 Å². The molecule has 14 atom stereocenters. The fourth-order valence-electron chi connectivity index (χ4n) is 12.2. The number of fused-ring (bicyclic) bond motifs is 4. The van der Waals surface area contributed by atoms with Crippen LogP contribution in [-0.2, 0) is 41.6 Å². The van der Waals surface area contributed by atoms with Gasteiger partial charge in [-0.05, 0) is 90.4 Å². The lowest BCUT2D eigenvalue weighted by molar-refractivity contribution is -0.280. The van der Waals surface area contributed by atoms with Crippen molar-refractivity contribution in [1.82, 2.24) is 9.80 Å². The molecule has 10 unspecified atom stereocenters. The predicted octanol–water partition coefficient (Wildman–Crippen LogP) is 4.80. The molecule has 16 nitrogen and oxygen atoms in total. The fraction of sp³-hybridized carbons (Fsp3) is 0.667. The molecule has 0 spiro atoms. The van der Waals surface area contributed by atoms with E-state index in [0.29, 0.717) is 50.5 Å². The van der Waals surface area contributed by atoms with Crippen molar-refractivity contribution in [2.75, 3.05) is 49.1 Å². The van der Waals surface area contributed by atoms with E-state index in [2.05, 4.69) is 41.0 Å². The van der Waals surface area contributed by atoms with Crippen LogP contribution in [-0.4, -0.2) is 137 Å². The number of anilines is 2. The zero-order chi connectivity index (χ0) is 45.1. The molecule has 4 fully saturated rings. The Morgan fingerprint density at radius 1 is 0.609 bits per heavy atom. The number of carboxylic acid groups (broad SMARTS) is 1. The van der Waals surface area contributed by atoms with Crippen molar-refractivity contribution >= 4 is 35.3 Å². The van der Waals surface area contributed by atoms with E-state index in [1.807, 2.05) is 30.9 Å². The maximum atomic E-state index is 13.3. The van der Waals surface area contributed by atoms with Gasteiger partial charge in [0.05, 0.1) is 13.1 Å². The summed E-state index contributed by atoms with van der Waals surface area (Å²) in [4.78, 5) is 57.7. The summed E-state index contributed by atoms with van der Waals surface area (Å²) in [6.07, 6.45) is -3.72. The predicted molar refractivity (Wildman–Crippen MR) is 232 cm³/mol. The first-order valence-corrected chi connectivity index (χ1v) is 23.4. The molecule has 16 heteroatoms. The molecule has 348 valence electrons. The molecule has 8 aliphatic rings. The maximum Gasteiger partial charge on any atom is 0.412 e. The zero-order valence-corrected chi connectivity index (χ0v) is 37.3. The van der Waals surface area contributed by atoms with Crippen LogP contribution < -0.4 is 9.80 Å². The summed E-state index contributed by atoms with van der Waals surface area (Å²) >= 11 is 0. The number of carbonyl (C=O) groups excluding carboxylic acids is 3. The Labute approximate surface area is 374 Å². The Hall–Kier alpha value is -4.48. The van der Waals surface area contributed by atoms with Crippen LogP contribution in [0.4, 0.5) is 21.0 Å². The van der Waals surface area contributed by atoms with Crippen molar-refractivity contribution in [2.45, 2.75) is 134 Å². The van der Waals surface area contributed by atoms with Crippen molar-refractivity contribution in [3.05, 3.63) is 58.7 Å². The second-order valence-corrected chi connectivity index (χ2v) is 19.7. The summed E-state index contributed by atoms with van der Waals surface area (Å²) in [5.74, 6) is 1.43. The Bertz CT molecular complexity index is 1960. The van der Waals surface area contributed by atoms with E-state index in [9.17, 15) is 39.6 Å². The molecule has 0 aromatic heterocycles. The van der Waals surface area contributed by atoms with E-state index in [4.69, 9.17) is 18.9 Å². The highest BCUT2D eigenvalue weighted by Gasteiger charge is 2.50. The molecule has 6 heterocycles. The molecule has 2 amide bonds. The summed E-state index contributed by atoms with van der Waals surface area (Å²) in [5.41, 5.74) is 7.60. The van der Waals surface area contributed by atoms with Crippen molar-refractivity contribution in [1.29, 1.82) is 0 Å². The Morgan fingerprint density at radius 2 is 1.11 bits per heavy atom. The second-order valence-electron chi connectivity index (χ2n) is 19.7. The van der Waals surface area contributed by atoms with Crippen LogP contribution in [0.2, 0.25) is 0 Å². The van der Waals surface area contributed by atoms with Gasteiger partial charge in [0.2, 0.25) is 12.6 Å². The average Bonchev–Trinajstić information content (AvgIpc) is 3.87. The number of hydrogen-bond donors (Lipinski definition) is 4. The third kappa shape index (κ3) is 8.22. The van der Waals surface area contributed by atoms with Gasteiger partial charge in [-0.3, -0.25) is 4.79 Å². The smallest absolute Gasteiger partial charge is 0.412 e. The van der Waals surface area contributed by atoms with E-state index in [1.54, 1.807) is 6.92 Å². The lowest BCUT2D eigenvalue weighted by Gasteiger charge is -2.42. The molecule has 2 saturated carbocycles. The van der Waals surface area contributed by atoms with Crippen LogP contribution in [0.15, 0.2) is 36.4 Å². The van der Waals surface area contributed by atoms with Crippen molar-refractivity contribution in [2.24, 2.45) is 29.6 Å². The summed E-state index contributed by atoms with van der Waals surface area (Å²) in [5, 5.41) is 39.1. The van der Waals surface area contributed by atoms with E-state index < -0.39 is 55.2 Å². The molecule has 2 saturated heterocycles. The maximum absolute atomic E-state index is 13.3. The van der Waals surface area contributed by atoms with Crippen LogP contribution in [0.25, 0.3) is 0 Å². The molecular formula is C48H64N4O12. The molecule has 2 aliphatic carbocycles. The molecule has 4 N–H and O–H groups in total. The summed E-state index contributed by atoms with van der Waals surface area (Å²) in [6, 6.07) is 12.8. The van der Waals surface area contributed by atoms with Gasteiger partial charge in [-0.1, -0.05) is 70.0 Å². The first-order valence-electron chi connectivity index (χ1n) is 23.4. The number of ether oxygens (including phenoxy) is 4. The van der Waals surface area contributed by atoms with Crippen molar-refractivity contribution in [3.63, 3.8) is 0 Å². The number of Topliss-reactive ketones (excluding diaryl/α,β-unsaturated/α-hetero) is 1. The topological polar surface area (TPSA) is 199 Å². The van der Waals surface area contributed by atoms with Gasteiger partial charge in [0.1, 0.15) is 24.4 Å². The van der Waals surface area contributed by atoms with Gasteiger partial charge in [-0.25, -0.2) is 14.4 Å². The number of aliphatic hydroxyl groups is 3. The number of carboxylic acids is 1. The third-order valence-electron chi connectivity index (χ3n) is 16.0. The van der Waals surface area contributed by atoms with Gasteiger partial charge in [0, 0.05) is 56.6 Å². The van der Waals surface area contributed by atoms with Crippen LogP contribution in [0.3, 0.4) is 0 Å². The largest absolute Gasteiger partial charge is 0.479 e. The molecule has 10 rings (SSSR count). The minimum absolute atomic E-state index is 0.00638. The highest BCUT2D eigenvalue weighted by atomic mass is 16.7. The van der Waals surface area contributed by atoms with Crippen LogP contribution in [0.1, 0.15) is 100 Å². The number of hydrogen-bond acceptors (Lipinski definition) is 13. The van der Waals surface area contributed by atoms with E-state index in [0.717, 1.165) is 31.1 Å². The van der Waals surface area contributed by atoms with Crippen molar-refractivity contribution < 1.29 is 58.6 Å². The SMILES string of the molecule is CC(=O)C1OC(OC(=O)N2CCN3C[C@@H]4CCC[C@@H]4c4cccc(c43)C2)C(C)C(C)C1C.O=C(O)C1OC(OC(=O)N2CCN3C[C@@H]4CCC[C@@H]4c4cccc(c43)C2)C(O)C(O)C1O. The molecular weight excluding hydrogens is 825 g/mol.